The molecule has 1 atom stereocenters. The molecule has 0 radical (unpaired) electrons. The van der Waals surface area contributed by atoms with Crippen LogP contribution in [0.4, 0.5) is 5.69 Å². The number of halogens is 1. The Morgan fingerprint density at radius 2 is 1.62 bits per heavy atom. The van der Waals surface area contributed by atoms with Crippen LogP contribution in [-0.2, 0) is 16.0 Å². The summed E-state index contributed by atoms with van der Waals surface area (Å²) in [5.41, 5.74) is 10.8. The molecule has 26 heavy (non-hydrogen) atoms. The Morgan fingerprint density at radius 3 is 2.19 bits per heavy atom. The van der Waals surface area contributed by atoms with Crippen LogP contribution in [0.1, 0.15) is 22.3 Å². The first-order valence-corrected chi connectivity index (χ1v) is 8.31. The van der Waals surface area contributed by atoms with Crippen LogP contribution < -0.4 is 16.4 Å². The molecule has 0 bridgehead atoms. The highest BCUT2D eigenvalue weighted by Gasteiger charge is 2.15. The highest BCUT2D eigenvalue weighted by Crippen LogP contribution is 2.21. The Labute approximate surface area is 160 Å². The number of nitrogens with two attached hydrogens (primary N) is 1. The van der Waals surface area contributed by atoms with Gasteiger partial charge in [0.1, 0.15) is 0 Å². The first-order valence-electron chi connectivity index (χ1n) is 8.31. The second-order valence-corrected chi connectivity index (χ2v) is 6.34. The Bertz CT molecular complexity index is 740. The summed E-state index contributed by atoms with van der Waals surface area (Å²) in [4.78, 5) is 24.2. The van der Waals surface area contributed by atoms with Crippen LogP contribution >= 0.6 is 12.4 Å². The number of nitrogens with one attached hydrogen (secondary N) is 2. The molecule has 0 saturated heterocycles. The third-order valence-corrected chi connectivity index (χ3v) is 4.00. The van der Waals surface area contributed by atoms with E-state index in [9.17, 15) is 9.59 Å². The van der Waals surface area contributed by atoms with Crippen molar-refractivity contribution in [3.05, 3.63) is 64.7 Å². The number of aryl methyl sites for hydroxylation is 3. The van der Waals surface area contributed by atoms with Gasteiger partial charge in [-0.1, -0.05) is 48.0 Å². The highest BCUT2D eigenvalue weighted by atomic mass is 35.5. The zero-order valence-corrected chi connectivity index (χ0v) is 16.2. The number of carbonyl (C=O) groups excluding carboxylic acids is 2. The fourth-order valence-electron chi connectivity index (χ4n) is 2.82. The van der Waals surface area contributed by atoms with Crippen LogP contribution in [0, 0.1) is 20.8 Å². The molecule has 0 aliphatic rings. The summed E-state index contributed by atoms with van der Waals surface area (Å²) in [5, 5.41) is 5.45. The number of amides is 2. The van der Waals surface area contributed by atoms with Gasteiger partial charge >= 0.3 is 0 Å². The van der Waals surface area contributed by atoms with Gasteiger partial charge in [0, 0.05) is 5.69 Å². The van der Waals surface area contributed by atoms with E-state index in [0.29, 0.717) is 6.42 Å². The Morgan fingerprint density at radius 1 is 1.04 bits per heavy atom. The number of benzene rings is 2. The van der Waals surface area contributed by atoms with Crippen LogP contribution in [0.2, 0.25) is 0 Å². The SMILES string of the molecule is Cc1cc(C)c(NC(=O)CNC(=O)C(N)Cc2ccccc2)c(C)c1.Cl. The average Bonchev–Trinajstić information content (AvgIpc) is 2.56. The standard InChI is InChI=1S/C20H25N3O2.ClH/c1-13-9-14(2)19(15(3)10-13)23-18(24)12-22-20(25)17(21)11-16-7-5-4-6-8-16;/h4-10,17H,11-12,21H2,1-3H3,(H,22,25)(H,23,24);1H. The lowest BCUT2D eigenvalue weighted by Gasteiger charge is -2.15. The number of carbonyl (C=O) groups is 2. The maximum atomic E-state index is 12.1. The highest BCUT2D eigenvalue weighted by molar-refractivity contribution is 5.96. The van der Waals surface area contributed by atoms with Crippen molar-refractivity contribution < 1.29 is 9.59 Å². The molecule has 0 heterocycles. The molecule has 5 nitrogen and oxygen atoms in total. The first kappa shape index (κ1) is 21.7. The van der Waals surface area contributed by atoms with Crippen molar-refractivity contribution in [2.24, 2.45) is 5.73 Å². The molecule has 140 valence electrons. The van der Waals surface area contributed by atoms with Crippen molar-refractivity contribution in [1.82, 2.24) is 5.32 Å². The molecule has 0 fully saturated rings. The van der Waals surface area contributed by atoms with E-state index in [1.807, 2.05) is 63.2 Å². The van der Waals surface area contributed by atoms with E-state index >= 15 is 0 Å². The van der Waals surface area contributed by atoms with Crippen molar-refractivity contribution in [2.45, 2.75) is 33.2 Å². The first-order chi connectivity index (χ1) is 11.9. The summed E-state index contributed by atoms with van der Waals surface area (Å²) in [6, 6.07) is 12.9. The zero-order valence-electron chi connectivity index (χ0n) is 15.3. The minimum atomic E-state index is -0.682. The van der Waals surface area contributed by atoms with Gasteiger partial charge in [0.15, 0.2) is 0 Å². The molecular weight excluding hydrogens is 350 g/mol. The Hall–Kier alpha value is -2.37. The van der Waals surface area contributed by atoms with E-state index < -0.39 is 6.04 Å². The monoisotopic (exact) mass is 375 g/mol. The predicted octanol–water partition coefficient (Wildman–Crippen LogP) is 2.66. The maximum Gasteiger partial charge on any atom is 0.243 e. The molecule has 0 spiro atoms. The van der Waals surface area contributed by atoms with Gasteiger partial charge in [-0.15, -0.1) is 12.4 Å². The van der Waals surface area contributed by atoms with Crippen molar-refractivity contribution in [3.63, 3.8) is 0 Å². The van der Waals surface area contributed by atoms with Gasteiger partial charge in [0.2, 0.25) is 11.8 Å². The smallest absolute Gasteiger partial charge is 0.243 e. The second-order valence-electron chi connectivity index (χ2n) is 6.34. The fourth-order valence-corrected chi connectivity index (χ4v) is 2.82. The lowest BCUT2D eigenvalue weighted by molar-refractivity contribution is -0.125. The molecule has 0 aliphatic carbocycles. The van der Waals surface area contributed by atoms with Gasteiger partial charge in [0.05, 0.1) is 12.6 Å². The summed E-state index contributed by atoms with van der Waals surface area (Å²) in [6.07, 6.45) is 0.435. The minimum Gasteiger partial charge on any atom is -0.346 e. The van der Waals surface area contributed by atoms with E-state index in [4.69, 9.17) is 5.73 Å². The molecule has 0 saturated carbocycles. The van der Waals surface area contributed by atoms with E-state index in [1.165, 1.54) is 0 Å². The molecule has 1 unspecified atom stereocenters. The molecule has 2 aromatic rings. The fraction of sp³-hybridized carbons (Fsp3) is 0.300. The van der Waals surface area contributed by atoms with E-state index in [2.05, 4.69) is 10.6 Å². The largest absolute Gasteiger partial charge is 0.346 e. The predicted molar refractivity (Wildman–Crippen MR) is 108 cm³/mol. The topological polar surface area (TPSA) is 84.2 Å². The van der Waals surface area contributed by atoms with E-state index in [-0.39, 0.29) is 30.8 Å². The number of rotatable bonds is 6. The second kappa shape index (κ2) is 9.94. The van der Waals surface area contributed by atoms with Crippen LogP contribution in [-0.4, -0.2) is 24.4 Å². The van der Waals surface area contributed by atoms with Gasteiger partial charge in [-0.25, -0.2) is 0 Å². The van der Waals surface area contributed by atoms with Crippen LogP contribution in [0.15, 0.2) is 42.5 Å². The van der Waals surface area contributed by atoms with Gasteiger partial charge < -0.3 is 16.4 Å². The van der Waals surface area contributed by atoms with Gasteiger partial charge in [-0.05, 0) is 43.9 Å². The lowest BCUT2D eigenvalue weighted by Crippen LogP contribution is -2.44. The molecule has 0 aliphatic heterocycles. The molecule has 6 heteroatoms. The summed E-state index contributed by atoms with van der Waals surface area (Å²) in [7, 11) is 0. The van der Waals surface area contributed by atoms with Crippen molar-refractivity contribution in [1.29, 1.82) is 0 Å². The number of anilines is 1. The zero-order chi connectivity index (χ0) is 18.4. The van der Waals surface area contributed by atoms with Crippen molar-refractivity contribution in [3.8, 4) is 0 Å². The Balaban J connectivity index is 0.00000338. The van der Waals surface area contributed by atoms with Gasteiger partial charge in [-0.2, -0.15) is 0 Å². The third-order valence-electron chi connectivity index (χ3n) is 4.00. The van der Waals surface area contributed by atoms with Gasteiger partial charge in [0.25, 0.3) is 0 Å². The van der Waals surface area contributed by atoms with Gasteiger partial charge in [-0.3, -0.25) is 9.59 Å². The van der Waals surface area contributed by atoms with Crippen LogP contribution in [0.5, 0.6) is 0 Å². The van der Waals surface area contributed by atoms with Crippen LogP contribution in [0.3, 0.4) is 0 Å². The number of hydrogen-bond donors (Lipinski definition) is 3. The van der Waals surface area contributed by atoms with E-state index in [0.717, 1.165) is 27.9 Å². The molecule has 4 N–H and O–H groups in total. The van der Waals surface area contributed by atoms with Crippen molar-refractivity contribution in [2.75, 3.05) is 11.9 Å². The molecular formula is C20H26ClN3O2. The summed E-state index contributed by atoms with van der Waals surface area (Å²) in [6.45, 7) is 5.81. The molecule has 2 rings (SSSR count). The summed E-state index contributed by atoms with van der Waals surface area (Å²) < 4.78 is 0. The Kier molecular flexibility index (Phi) is 8.29. The minimum absolute atomic E-state index is 0. The molecule has 2 amide bonds. The number of hydrogen-bond acceptors (Lipinski definition) is 3. The molecule has 0 aromatic heterocycles. The van der Waals surface area contributed by atoms with Crippen molar-refractivity contribution >= 4 is 29.9 Å². The molecule has 2 aromatic carbocycles. The summed E-state index contributed by atoms with van der Waals surface area (Å²) in [5.74, 6) is -0.605. The summed E-state index contributed by atoms with van der Waals surface area (Å²) >= 11 is 0. The van der Waals surface area contributed by atoms with E-state index in [1.54, 1.807) is 0 Å². The maximum absolute atomic E-state index is 12.1. The van der Waals surface area contributed by atoms with Crippen LogP contribution in [0.25, 0.3) is 0 Å². The average molecular weight is 376 g/mol. The normalized spacial score (nSPS) is 11.2. The quantitative estimate of drug-likeness (QED) is 0.725. The lowest BCUT2D eigenvalue weighted by atomic mass is 10.1. The third kappa shape index (κ3) is 6.17.